The number of allylic oxidation sites excluding steroid dienone is 1. The van der Waals surface area contributed by atoms with Gasteiger partial charge in [-0.3, -0.25) is 0 Å². The monoisotopic (exact) mass is 438 g/mol. The predicted octanol–water partition coefficient (Wildman–Crippen LogP) is 8.63. The summed E-state index contributed by atoms with van der Waals surface area (Å²) in [5.74, 6) is 0. The normalized spacial score (nSPS) is 17.3. The number of alkyl halides is 1. The molecule has 0 radical (unpaired) electrons. The summed E-state index contributed by atoms with van der Waals surface area (Å²) in [6.45, 7) is 0. The van der Waals surface area contributed by atoms with Crippen molar-refractivity contribution in [2.45, 2.75) is 5.38 Å². The lowest BCUT2D eigenvalue weighted by molar-refractivity contribution is 1.20. The van der Waals surface area contributed by atoms with Crippen molar-refractivity contribution in [1.82, 2.24) is 0 Å². The quantitative estimate of drug-likeness (QED) is 0.283. The molecule has 2 aromatic rings. The van der Waals surface area contributed by atoms with Crippen LogP contribution < -0.4 is 0 Å². The zero-order valence-corrected chi connectivity index (χ0v) is 15.7. The molecule has 1 unspecified atom stereocenters. The van der Waals surface area contributed by atoms with E-state index in [0.717, 1.165) is 0 Å². The van der Waals surface area contributed by atoms with Crippen LogP contribution in [0.15, 0.2) is 5.03 Å². The fourth-order valence-electron chi connectivity index (χ4n) is 2.32. The zero-order chi connectivity index (χ0) is 15.6. The molecule has 21 heavy (non-hydrogen) atoms. The van der Waals surface area contributed by atoms with Crippen LogP contribution in [0.25, 0.3) is 16.8 Å². The zero-order valence-electron chi connectivity index (χ0n) is 9.68. The maximum atomic E-state index is 6.33. The average Bonchev–Trinajstić information content (AvgIpc) is 2.45. The Hall–Kier alpha value is 0.760. The molecule has 0 aliphatic heterocycles. The maximum Gasteiger partial charge on any atom is 0.0962 e. The van der Waals surface area contributed by atoms with Gasteiger partial charge >= 0.3 is 0 Å². The minimum atomic E-state index is -0.669. The van der Waals surface area contributed by atoms with Crippen LogP contribution in [-0.4, -0.2) is 0 Å². The van der Waals surface area contributed by atoms with Crippen LogP contribution in [0.5, 0.6) is 0 Å². The van der Waals surface area contributed by atoms with Gasteiger partial charge in [-0.05, 0) is 6.08 Å². The van der Waals surface area contributed by atoms with E-state index in [9.17, 15) is 0 Å². The fourth-order valence-corrected chi connectivity index (χ4v) is 4.52. The first kappa shape index (κ1) is 16.6. The topological polar surface area (TPSA) is 0 Å². The van der Waals surface area contributed by atoms with Crippen molar-refractivity contribution < 1.29 is 0 Å². The lowest BCUT2D eigenvalue weighted by Gasteiger charge is -2.24. The van der Waals surface area contributed by atoms with Crippen molar-refractivity contribution in [3.05, 3.63) is 46.3 Å². The molecule has 0 fully saturated rings. The van der Waals surface area contributed by atoms with Gasteiger partial charge in [-0.2, -0.15) is 0 Å². The molecule has 0 bridgehead atoms. The molecule has 110 valence electrons. The highest BCUT2D eigenvalue weighted by Gasteiger charge is 2.31. The van der Waals surface area contributed by atoms with Gasteiger partial charge in [0, 0.05) is 26.9 Å². The van der Waals surface area contributed by atoms with E-state index in [0.29, 0.717) is 26.9 Å². The van der Waals surface area contributed by atoms with E-state index < -0.39 is 5.38 Å². The van der Waals surface area contributed by atoms with Crippen LogP contribution in [-0.2, 0) is 0 Å². The van der Waals surface area contributed by atoms with E-state index in [-0.39, 0.29) is 30.1 Å². The molecule has 1 aliphatic carbocycles. The third-order valence-corrected chi connectivity index (χ3v) is 6.83. The lowest BCUT2D eigenvalue weighted by atomic mass is 9.92. The summed E-state index contributed by atoms with van der Waals surface area (Å²) in [7, 11) is 0. The molecule has 0 saturated carbocycles. The van der Waals surface area contributed by atoms with Gasteiger partial charge in [0.2, 0.25) is 0 Å². The molecule has 1 aliphatic rings. The largest absolute Gasteiger partial charge is 0.112 e. The summed E-state index contributed by atoms with van der Waals surface area (Å²) in [5, 5.41) is 1.92. The van der Waals surface area contributed by atoms with Crippen LogP contribution in [0.2, 0.25) is 30.1 Å². The van der Waals surface area contributed by atoms with E-state index in [2.05, 4.69) is 0 Å². The molecule has 8 heteroatoms. The number of benzene rings is 2. The summed E-state index contributed by atoms with van der Waals surface area (Å²) in [5.41, 5.74) is 1.09. The Kier molecular flexibility index (Phi) is 4.50. The van der Waals surface area contributed by atoms with E-state index in [4.69, 9.17) is 92.8 Å². The summed E-state index contributed by atoms with van der Waals surface area (Å²) >= 11 is 49.9. The third-order valence-electron chi connectivity index (χ3n) is 3.25. The SMILES string of the molecule is ClC1=Cc2c(Cl)c(Cl)c(Cl)c3c(Cl)c(Cl)c(Cl)c(c23)C1Cl. The molecule has 0 heterocycles. The highest BCUT2D eigenvalue weighted by atomic mass is 35.5. The van der Waals surface area contributed by atoms with Gasteiger partial charge in [-0.1, -0.05) is 81.2 Å². The van der Waals surface area contributed by atoms with Crippen molar-refractivity contribution in [3.63, 3.8) is 0 Å². The van der Waals surface area contributed by atoms with Crippen molar-refractivity contribution in [2.24, 2.45) is 0 Å². The van der Waals surface area contributed by atoms with Crippen molar-refractivity contribution in [2.75, 3.05) is 0 Å². The molecule has 0 saturated heterocycles. The molecular formula is C13H2Cl8. The Balaban J connectivity index is 2.71. The highest BCUT2D eigenvalue weighted by molar-refractivity contribution is 6.57. The second-order valence-corrected chi connectivity index (χ2v) is 7.49. The molecule has 2 aromatic carbocycles. The fraction of sp³-hybridized carbons (Fsp3) is 0.0769. The molecule has 0 amide bonds. The van der Waals surface area contributed by atoms with Gasteiger partial charge in [-0.15, -0.1) is 11.6 Å². The molecule has 0 N–H and O–H groups in total. The van der Waals surface area contributed by atoms with Crippen LogP contribution in [0.1, 0.15) is 16.5 Å². The lowest BCUT2D eigenvalue weighted by Crippen LogP contribution is -2.03. The molecule has 3 rings (SSSR count). The maximum absolute atomic E-state index is 6.33. The van der Waals surface area contributed by atoms with E-state index in [1.54, 1.807) is 6.08 Å². The molecule has 0 spiro atoms. The van der Waals surface area contributed by atoms with Crippen LogP contribution in [0.4, 0.5) is 0 Å². The van der Waals surface area contributed by atoms with E-state index in [1.165, 1.54) is 0 Å². The predicted molar refractivity (Wildman–Crippen MR) is 96.4 cm³/mol. The minimum absolute atomic E-state index is 0.143. The van der Waals surface area contributed by atoms with E-state index in [1.807, 2.05) is 0 Å². The van der Waals surface area contributed by atoms with Gasteiger partial charge in [0.15, 0.2) is 0 Å². The summed E-state index contributed by atoms with van der Waals surface area (Å²) in [4.78, 5) is 0. The number of hydrogen-bond acceptors (Lipinski definition) is 0. The average molecular weight is 442 g/mol. The highest BCUT2D eigenvalue weighted by Crippen LogP contribution is 2.55. The number of hydrogen-bond donors (Lipinski definition) is 0. The first-order chi connectivity index (χ1) is 9.77. The first-order valence-electron chi connectivity index (χ1n) is 5.45. The number of halogens is 8. The van der Waals surface area contributed by atoms with Gasteiger partial charge in [0.05, 0.1) is 35.5 Å². The summed E-state index contributed by atoms with van der Waals surface area (Å²) in [6, 6.07) is 0. The minimum Gasteiger partial charge on any atom is -0.112 e. The standard InChI is InChI=1S/C13H2Cl8/c14-3-1-2-4-5(8(3)16)9(17)13(21)11(19)6(4)10(18)12(20)7(2)15/h1,8H. The summed E-state index contributed by atoms with van der Waals surface area (Å²) < 4.78 is 0. The molecule has 0 nitrogen and oxygen atoms in total. The molecule has 0 aromatic heterocycles. The van der Waals surface area contributed by atoms with Gasteiger partial charge in [0.25, 0.3) is 0 Å². The smallest absolute Gasteiger partial charge is 0.0962 e. The van der Waals surface area contributed by atoms with Crippen LogP contribution in [0.3, 0.4) is 0 Å². The van der Waals surface area contributed by atoms with Gasteiger partial charge in [-0.25, -0.2) is 0 Å². The summed E-state index contributed by atoms with van der Waals surface area (Å²) in [6.07, 6.45) is 1.62. The van der Waals surface area contributed by atoms with Gasteiger partial charge in [0.1, 0.15) is 0 Å². The first-order valence-corrected chi connectivity index (χ1v) is 8.53. The van der Waals surface area contributed by atoms with Crippen molar-refractivity contribution >= 4 is 110 Å². The Morgan fingerprint density at radius 1 is 0.619 bits per heavy atom. The van der Waals surface area contributed by atoms with Crippen molar-refractivity contribution in [3.8, 4) is 0 Å². The van der Waals surface area contributed by atoms with Crippen LogP contribution >= 0.6 is 92.8 Å². The number of rotatable bonds is 0. The Bertz CT molecular complexity index is 828. The Morgan fingerprint density at radius 3 is 1.71 bits per heavy atom. The third kappa shape index (κ3) is 2.27. The second-order valence-electron chi connectivity index (χ2n) is 4.35. The molecular weight excluding hydrogens is 440 g/mol. The second kappa shape index (κ2) is 5.69. The van der Waals surface area contributed by atoms with Crippen LogP contribution in [0, 0.1) is 0 Å². The van der Waals surface area contributed by atoms with Gasteiger partial charge < -0.3 is 0 Å². The molecule has 1 atom stereocenters. The van der Waals surface area contributed by atoms with E-state index >= 15 is 0 Å². The Morgan fingerprint density at radius 2 is 1.14 bits per heavy atom. The van der Waals surface area contributed by atoms with Crippen molar-refractivity contribution in [1.29, 1.82) is 0 Å². The Labute approximate surface area is 160 Å².